The Morgan fingerprint density at radius 1 is 1.07 bits per heavy atom. The van der Waals surface area contributed by atoms with Crippen molar-refractivity contribution >= 4 is 41.4 Å². The molecule has 6 atom stereocenters. The minimum Gasteiger partial charge on any atom is -0.490 e. The lowest BCUT2D eigenvalue weighted by atomic mass is 9.65. The van der Waals surface area contributed by atoms with Crippen molar-refractivity contribution in [2.75, 3.05) is 31.7 Å². The van der Waals surface area contributed by atoms with E-state index in [1.54, 1.807) is 12.1 Å². The molecule has 2 fully saturated rings. The van der Waals surface area contributed by atoms with Gasteiger partial charge in [0.2, 0.25) is 15.0 Å². The number of ether oxygens (including phenoxy) is 2. The Morgan fingerprint density at radius 2 is 1.85 bits per heavy atom. The van der Waals surface area contributed by atoms with Crippen molar-refractivity contribution in [2.24, 2.45) is 17.8 Å². The fourth-order valence-electron chi connectivity index (χ4n) is 9.29. The first-order valence-electron chi connectivity index (χ1n) is 19.7. The summed E-state index contributed by atoms with van der Waals surface area (Å²) in [5.41, 5.74) is 3.74. The number of hydrogen-bond acceptors (Lipinski definition) is 9. The lowest BCUT2D eigenvalue weighted by Gasteiger charge is -2.52. The first-order valence-corrected chi connectivity index (χ1v) is 24.5. The fraction of sp³-hybridized carbons (Fsp3) is 0.595. The molecule has 9 nitrogen and oxygen atoms in total. The van der Waals surface area contributed by atoms with E-state index < -0.39 is 23.4 Å². The third-order valence-corrected chi connectivity index (χ3v) is 20.1. The van der Waals surface area contributed by atoms with Crippen LogP contribution in [0, 0.1) is 17.8 Å². The molecule has 2 heterocycles. The molecular weight excluding hydrogens is 738 g/mol. The Balaban J connectivity index is 1.23. The van der Waals surface area contributed by atoms with Gasteiger partial charge in [-0.1, -0.05) is 44.9 Å². The number of rotatable bonds is 9. The third kappa shape index (κ3) is 7.59. The quantitative estimate of drug-likeness (QED) is 0.119. The number of benzene rings is 2. The summed E-state index contributed by atoms with van der Waals surface area (Å²) in [6.07, 6.45) is 11.0. The Bertz CT molecular complexity index is 1960. The van der Waals surface area contributed by atoms with Crippen LogP contribution in [0.3, 0.4) is 0 Å². The van der Waals surface area contributed by atoms with E-state index in [0.717, 1.165) is 74.5 Å². The lowest BCUT2D eigenvalue weighted by Crippen LogP contribution is -2.54. The number of halogens is 1. The van der Waals surface area contributed by atoms with Gasteiger partial charge in [-0.3, -0.25) is 0 Å². The first kappa shape index (κ1) is 39.2. The van der Waals surface area contributed by atoms with Gasteiger partial charge in [0.15, 0.2) is 8.32 Å². The van der Waals surface area contributed by atoms with Crippen LogP contribution in [0.15, 0.2) is 60.0 Å². The van der Waals surface area contributed by atoms with Gasteiger partial charge < -0.3 is 18.8 Å². The zero-order valence-electron chi connectivity index (χ0n) is 32.6. The van der Waals surface area contributed by atoms with Gasteiger partial charge in [0.05, 0.1) is 36.3 Å². The Labute approximate surface area is 327 Å². The maximum Gasteiger partial charge on any atom is 0.337 e. The number of esters is 1. The smallest absolute Gasteiger partial charge is 0.337 e. The van der Waals surface area contributed by atoms with Crippen LogP contribution in [-0.4, -0.2) is 70.8 Å². The number of aryl methyl sites for hydroxylation is 1. The molecule has 3 aliphatic carbocycles. The summed E-state index contributed by atoms with van der Waals surface area (Å²) in [5.74, 6) is 1.09. The largest absolute Gasteiger partial charge is 0.490 e. The molecule has 0 radical (unpaired) electrons. The van der Waals surface area contributed by atoms with Crippen molar-refractivity contribution in [1.29, 1.82) is 0 Å². The van der Waals surface area contributed by atoms with E-state index >= 15 is 0 Å². The summed E-state index contributed by atoms with van der Waals surface area (Å²) in [4.78, 5) is 23.6. The van der Waals surface area contributed by atoms with Gasteiger partial charge in [-0.25, -0.2) is 23.2 Å². The SMILES string of the molecule is COC(=O)c1ccc2c(c1)N(C[C@@H]1CC[C@H]1C(O[Si](C)(C)C(C)(C)C)[C@@H]1CCC[C@H](S(=O)(=O)c3ncccn3)C1)C[C@@]1(CCCc3cc(Cl)ccc31)CO2. The Morgan fingerprint density at radius 3 is 2.56 bits per heavy atom. The molecule has 1 spiro atoms. The highest BCUT2D eigenvalue weighted by atomic mass is 35.5. The average molecular weight is 795 g/mol. The molecule has 2 saturated carbocycles. The van der Waals surface area contributed by atoms with E-state index in [1.807, 2.05) is 18.2 Å². The van der Waals surface area contributed by atoms with E-state index in [1.165, 1.54) is 30.6 Å². The molecule has 4 aliphatic rings. The van der Waals surface area contributed by atoms with Gasteiger partial charge in [-0.15, -0.1) is 0 Å². The molecule has 54 heavy (non-hydrogen) atoms. The molecule has 1 unspecified atom stereocenters. The van der Waals surface area contributed by atoms with Gasteiger partial charge in [0, 0.05) is 35.9 Å². The minimum absolute atomic E-state index is 0.00246. The van der Waals surface area contributed by atoms with Crippen molar-refractivity contribution < 1.29 is 27.1 Å². The van der Waals surface area contributed by atoms with Crippen LogP contribution >= 0.6 is 11.6 Å². The maximum absolute atomic E-state index is 13.9. The number of aromatic nitrogens is 2. The topological polar surface area (TPSA) is 108 Å². The second kappa shape index (κ2) is 15.2. The van der Waals surface area contributed by atoms with E-state index in [-0.39, 0.29) is 39.5 Å². The number of nitrogens with zero attached hydrogens (tertiary/aromatic N) is 3. The lowest BCUT2D eigenvalue weighted by molar-refractivity contribution is -0.0227. The molecule has 2 aromatic carbocycles. The molecule has 0 bridgehead atoms. The highest BCUT2D eigenvalue weighted by molar-refractivity contribution is 7.91. The normalized spacial score (nSPS) is 26.5. The molecule has 1 aromatic heterocycles. The Kier molecular flexibility index (Phi) is 11.0. The third-order valence-electron chi connectivity index (χ3n) is 13.4. The number of sulfone groups is 1. The molecule has 292 valence electrons. The molecule has 12 heteroatoms. The van der Waals surface area contributed by atoms with Crippen LogP contribution in [-0.2, 0) is 30.8 Å². The number of anilines is 1. The summed E-state index contributed by atoms with van der Waals surface area (Å²) in [6, 6.07) is 13.6. The van der Waals surface area contributed by atoms with Crippen LogP contribution in [0.4, 0.5) is 5.69 Å². The summed E-state index contributed by atoms with van der Waals surface area (Å²) in [6.45, 7) is 13.5. The standard InChI is InChI=1S/C42H56ClN3O6SSi/c1-41(2,3)54(5,6)52-38(29-10-7-12-33(23-29)53(48,49)40-44-20-9-21-45-40)34-16-13-31(34)25-46-26-42(19-8-11-28-22-32(43)15-17-35(28)42)27-51-37-18-14-30(24-36(37)46)39(47)50-4/h9,14-15,17-18,20-22,24,29,31,33-34,38H,7-8,10-13,16,19,23,25-27H2,1-6H3/t29-,31+,33+,34-,38?,42+/m1/s1. The molecular formula is C42H56ClN3O6SSi. The van der Waals surface area contributed by atoms with E-state index in [9.17, 15) is 13.2 Å². The van der Waals surface area contributed by atoms with Crippen molar-refractivity contribution in [2.45, 2.75) is 119 Å². The molecule has 0 saturated heterocycles. The van der Waals surface area contributed by atoms with Crippen molar-refractivity contribution in [1.82, 2.24) is 9.97 Å². The zero-order valence-corrected chi connectivity index (χ0v) is 35.2. The van der Waals surface area contributed by atoms with Crippen LogP contribution in [0.5, 0.6) is 5.75 Å². The second-order valence-electron chi connectivity index (χ2n) is 17.7. The average Bonchev–Trinajstić information content (AvgIpc) is 3.29. The van der Waals surface area contributed by atoms with Gasteiger partial charge in [0.25, 0.3) is 0 Å². The summed E-state index contributed by atoms with van der Waals surface area (Å²) < 4.78 is 47.0. The van der Waals surface area contributed by atoms with Gasteiger partial charge in [0.1, 0.15) is 5.75 Å². The van der Waals surface area contributed by atoms with E-state index in [0.29, 0.717) is 30.9 Å². The van der Waals surface area contributed by atoms with Crippen LogP contribution in [0.2, 0.25) is 23.2 Å². The van der Waals surface area contributed by atoms with E-state index in [2.05, 4.69) is 60.9 Å². The molecule has 0 N–H and O–H groups in total. The summed E-state index contributed by atoms with van der Waals surface area (Å²) in [5, 5.41) is 0.140. The number of fused-ring (bicyclic) bond motifs is 3. The molecule has 0 amide bonds. The van der Waals surface area contributed by atoms with E-state index in [4.69, 9.17) is 25.5 Å². The summed E-state index contributed by atoms with van der Waals surface area (Å²) in [7, 11) is -4.51. The van der Waals surface area contributed by atoms with Crippen LogP contribution in [0.25, 0.3) is 0 Å². The zero-order chi connectivity index (χ0) is 38.5. The molecule has 3 aromatic rings. The Hall–Kier alpha value is -2.99. The number of hydrogen-bond donors (Lipinski definition) is 0. The van der Waals surface area contributed by atoms with Crippen LogP contribution < -0.4 is 9.64 Å². The van der Waals surface area contributed by atoms with Gasteiger partial charge in [-0.05, 0) is 135 Å². The number of carbonyl (C=O) groups is 1. The first-order chi connectivity index (χ1) is 25.6. The maximum atomic E-state index is 13.9. The van der Waals surface area contributed by atoms with Crippen molar-refractivity contribution in [3.05, 3.63) is 76.6 Å². The van der Waals surface area contributed by atoms with Crippen LogP contribution in [0.1, 0.15) is 93.6 Å². The number of methoxy groups -OCH3 is 1. The minimum atomic E-state index is -3.68. The van der Waals surface area contributed by atoms with Gasteiger partial charge in [-0.2, -0.15) is 0 Å². The predicted octanol–water partition coefficient (Wildman–Crippen LogP) is 8.84. The number of carbonyl (C=O) groups excluding carboxylic acids is 1. The monoisotopic (exact) mass is 793 g/mol. The van der Waals surface area contributed by atoms with Crippen molar-refractivity contribution in [3.63, 3.8) is 0 Å². The highest BCUT2D eigenvalue weighted by Gasteiger charge is 2.50. The predicted molar refractivity (Wildman–Crippen MR) is 215 cm³/mol. The van der Waals surface area contributed by atoms with Crippen molar-refractivity contribution in [3.8, 4) is 5.75 Å². The highest BCUT2D eigenvalue weighted by Crippen LogP contribution is 2.51. The molecule has 7 rings (SSSR count). The molecule has 1 aliphatic heterocycles. The fourth-order valence-corrected chi connectivity index (χ4v) is 12.6. The summed E-state index contributed by atoms with van der Waals surface area (Å²) >= 11 is 6.51. The van der Waals surface area contributed by atoms with Gasteiger partial charge >= 0.3 is 5.97 Å². The second-order valence-corrected chi connectivity index (χ2v) is 25.1.